The number of rotatable bonds is 6. The van der Waals surface area contributed by atoms with E-state index in [4.69, 9.17) is 4.74 Å². The third kappa shape index (κ3) is 4.08. The first-order valence-corrected chi connectivity index (χ1v) is 7.60. The van der Waals surface area contributed by atoms with E-state index < -0.39 is 0 Å². The minimum absolute atomic E-state index is 0.0554. The lowest BCUT2D eigenvalue weighted by atomic mass is 10.0. The molecule has 0 aliphatic heterocycles. The van der Waals surface area contributed by atoms with Gasteiger partial charge in [-0.3, -0.25) is 0 Å². The molecule has 2 nitrogen and oxygen atoms in total. The van der Waals surface area contributed by atoms with Gasteiger partial charge in [0.15, 0.2) is 0 Å². The Morgan fingerprint density at radius 3 is 2.14 bits per heavy atom. The van der Waals surface area contributed by atoms with Gasteiger partial charge in [0.2, 0.25) is 0 Å². The van der Waals surface area contributed by atoms with Crippen LogP contribution in [0, 0.1) is 0 Å². The van der Waals surface area contributed by atoms with Crippen molar-refractivity contribution in [3.8, 4) is 5.75 Å². The summed E-state index contributed by atoms with van der Waals surface area (Å²) in [4.78, 5) is 0. The summed E-state index contributed by atoms with van der Waals surface area (Å²) in [5, 5.41) is 3.35. The summed E-state index contributed by atoms with van der Waals surface area (Å²) in [5.74, 6) is 1.45. The van der Waals surface area contributed by atoms with Gasteiger partial charge in [-0.15, -0.1) is 0 Å². The summed E-state index contributed by atoms with van der Waals surface area (Å²) in [6.07, 6.45) is 0.0554. The zero-order chi connectivity index (χ0) is 15.2. The van der Waals surface area contributed by atoms with E-state index in [0.29, 0.717) is 5.92 Å². The molecule has 2 heteroatoms. The van der Waals surface area contributed by atoms with E-state index in [9.17, 15) is 0 Å². The SMILES string of the molecule is CNC(c1ccccc1)C(C)Oc1cccc(C(C)C)c1. The Bertz CT molecular complexity index is 551. The minimum atomic E-state index is 0.0554. The van der Waals surface area contributed by atoms with E-state index in [1.165, 1.54) is 11.1 Å². The quantitative estimate of drug-likeness (QED) is 0.840. The van der Waals surface area contributed by atoms with Crippen LogP contribution in [0.1, 0.15) is 43.9 Å². The van der Waals surface area contributed by atoms with Gasteiger partial charge < -0.3 is 10.1 Å². The van der Waals surface area contributed by atoms with Crippen molar-refractivity contribution in [3.63, 3.8) is 0 Å². The third-order valence-electron chi connectivity index (χ3n) is 3.79. The number of hydrogen-bond donors (Lipinski definition) is 1. The van der Waals surface area contributed by atoms with Gasteiger partial charge in [-0.05, 0) is 43.1 Å². The van der Waals surface area contributed by atoms with Gasteiger partial charge in [-0.25, -0.2) is 0 Å². The zero-order valence-corrected chi connectivity index (χ0v) is 13.3. The van der Waals surface area contributed by atoms with E-state index in [0.717, 1.165) is 5.75 Å². The summed E-state index contributed by atoms with van der Waals surface area (Å²) in [7, 11) is 1.97. The first-order chi connectivity index (χ1) is 10.1. The summed E-state index contributed by atoms with van der Waals surface area (Å²) in [6, 6.07) is 19.0. The van der Waals surface area contributed by atoms with Crippen LogP contribution in [0.15, 0.2) is 54.6 Å². The summed E-state index contributed by atoms with van der Waals surface area (Å²) >= 11 is 0. The molecule has 2 unspecified atom stereocenters. The van der Waals surface area contributed by atoms with Gasteiger partial charge in [0.1, 0.15) is 11.9 Å². The van der Waals surface area contributed by atoms with Crippen LogP contribution in [0.2, 0.25) is 0 Å². The zero-order valence-electron chi connectivity index (χ0n) is 13.3. The molecule has 0 bridgehead atoms. The van der Waals surface area contributed by atoms with E-state index in [-0.39, 0.29) is 12.1 Å². The van der Waals surface area contributed by atoms with Gasteiger partial charge in [0.25, 0.3) is 0 Å². The van der Waals surface area contributed by atoms with Crippen molar-refractivity contribution in [1.82, 2.24) is 5.32 Å². The molecule has 0 heterocycles. The number of likely N-dealkylation sites (N-methyl/N-ethyl adjacent to an activating group) is 1. The fourth-order valence-electron chi connectivity index (χ4n) is 2.56. The molecule has 0 radical (unpaired) electrons. The van der Waals surface area contributed by atoms with Crippen molar-refractivity contribution in [3.05, 3.63) is 65.7 Å². The maximum atomic E-state index is 6.15. The number of hydrogen-bond acceptors (Lipinski definition) is 2. The van der Waals surface area contributed by atoms with Crippen LogP contribution in [0.3, 0.4) is 0 Å². The van der Waals surface area contributed by atoms with Crippen LogP contribution in [0.4, 0.5) is 0 Å². The van der Waals surface area contributed by atoms with Crippen LogP contribution in [-0.4, -0.2) is 13.2 Å². The second kappa shape index (κ2) is 7.28. The molecule has 2 rings (SSSR count). The molecule has 0 aromatic heterocycles. The van der Waals surface area contributed by atoms with E-state index >= 15 is 0 Å². The molecule has 0 saturated heterocycles. The monoisotopic (exact) mass is 283 g/mol. The summed E-state index contributed by atoms with van der Waals surface area (Å²) < 4.78 is 6.15. The van der Waals surface area contributed by atoms with E-state index in [1.54, 1.807) is 0 Å². The molecule has 0 aliphatic carbocycles. The van der Waals surface area contributed by atoms with E-state index in [2.05, 4.69) is 68.6 Å². The van der Waals surface area contributed by atoms with E-state index in [1.807, 2.05) is 19.2 Å². The fourth-order valence-corrected chi connectivity index (χ4v) is 2.56. The predicted octanol–water partition coefficient (Wildman–Crippen LogP) is 4.54. The smallest absolute Gasteiger partial charge is 0.120 e. The Morgan fingerprint density at radius 1 is 0.857 bits per heavy atom. The third-order valence-corrected chi connectivity index (χ3v) is 3.79. The molecule has 21 heavy (non-hydrogen) atoms. The molecule has 0 amide bonds. The standard InChI is InChI=1S/C19H25NO/c1-14(2)17-11-8-12-18(13-17)21-15(3)19(20-4)16-9-6-5-7-10-16/h5-15,19-20H,1-4H3. The van der Waals surface area contributed by atoms with Gasteiger partial charge >= 0.3 is 0 Å². The Morgan fingerprint density at radius 2 is 1.52 bits per heavy atom. The van der Waals surface area contributed by atoms with Crippen LogP contribution in [0.25, 0.3) is 0 Å². The van der Waals surface area contributed by atoms with Crippen LogP contribution >= 0.6 is 0 Å². The molecule has 1 N–H and O–H groups in total. The van der Waals surface area contributed by atoms with Gasteiger partial charge in [0, 0.05) is 0 Å². The molecule has 0 saturated carbocycles. The summed E-state index contributed by atoms with van der Waals surface area (Å²) in [6.45, 7) is 6.50. The topological polar surface area (TPSA) is 21.3 Å². The van der Waals surface area contributed by atoms with Crippen LogP contribution < -0.4 is 10.1 Å². The molecule has 2 aromatic carbocycles. The maximum Gasteiger partial charge on any atom is 0.120 e. The highest BCUT2D eigenvalue weighted by molar-refractivity contribution is 5.31. The number of nitrogens with one attached hydrogen (secondary N) is 1. The number of benzene rings is 2. The predicted molar refractivity (Wildman–Crippen MR) is 88.9 cm³/mol. The largest absolute Gasteiger partial charge is 0.489 e. The molecule has 112 valence electrons. The van der Waals surface area contributed by atoms with Crippen molar-refractivity contribution in [2.75, 3.05) is 7.05 Å². The molecule has 0 aliphatic rings. The van der Waals surface area contributed by atoms with Gasteiger partial charge in [-0.2, -0.15) is 0 Å². The molecule has 0 fully saturated rings. The molecular weight excluding hydrogens is 258 g/mol. The van der Waals surface area contributed by atoms with Gasteiger partial charge in [-0.1, -0.05) is 56.3 Å². The highest BCUT2D eigenvalue weighted by Gasteiger charge is 2.19. The Balaban J connectivity index is 2.12. The average Bonchev–Trinajstić information content (AvgIpc) is 2.49. The Kier molecular flexibility index (Phi) is 5.40. The average molecular weight is 283 g/mol. The normalized spacial score (nSPS) is 14.0. The Hall–Kier alpha value is -1.80. The van der Waals surface area contributed by atoms with Crippen molar-refractivity contribution < 1.29 is 4.74 Å². The lowest BCUT2D eigenvalue weighted by Crippen LogP contribution is -2.31. The lowest BCUT2D eigenvalue weighted by molar-refractivity contribution is 0.175. The van der Waals surface area contributed by atoms with Crippen molar-refractivity contribution in [1.29, 1.82) is 0 Å². The van der Waals surface area contributed by atoms with Crippen LogP contribution in [0.5, 0.6) is 5.75 Å². The van der Waals surface area contributed by atoms with Crippen molar-refractivity contribution >= 4 is 0 Å². The second-order valence-electron chi connectivity index (χ2n) is 5.73. The first kappa shape index (κ1) is 15.6. The van der Waals surface area contributed by atoms with Gasteiger partial charge in [0.05, 0.1) is 6.04 Å². The molecule has 0 spiro atoms. The maximum absolute atomic E-state index is 6.15. The Labute approximate surface area is 128 Å². The highest BCUT2D eigenvalue weighted by atomic mass is 16.5. The molecule has 2 aromatic rings. The minimum Gasteiger partial charge on any atom is -0.489 e. The molecular formula is C19H25NO. The fraction of sp³-hybridized carbons (Fsp3) is 0.368. The molecule has 2 atom stereocenters. The second-order valence-corrected chi connectivity index (χ2v) is 5.73. The highest BCUT2D eigenvalue weighted by Crippen LogP contribution is 2.24. The number of ether oxygens (including phenoxy) is 1. The lowest BCUT2D eigenvalue weighted by Gasteiger charge is -2.25. The van der Waals surface area contributed by atoms with Crippen molar-refractivity contribution in [2.45, 2.75) is 38.8 Å². The van der Waals surface area contributed by atoms with Crippen molar-refractivity contribution in [2.24, 2.45) is 0 Å². The van der Waals surface area contributed by atoms with Crippen LogP contribution in [-0.2, 0) is 0 Å². The first-order valence-electron chi connectivity index (χ1n) is 7.60. The summed E-state index contributed by atoms with van der Waals surface area (Å²) in [5.41, 5.74) is 2.55.